The Bertz CT molecular complexity index is 1070. The molecule has 5 nitrogen and oxygen atoms in total. The number of benzene rings is 3. The molecular weight excluding hydrogens is 444 g/mol. The van der Waals surface area contributed by atoms with E-state index in [1.165, 1.54) is 0 Å². The summed E-state index contributed by atoms with van der Waals surface area (Å²) in [6.07, 6.45) is 0.387. The molecule has 6 heteroatoms. The van der Waals surface area contributed by atoms with Crippen molar-refractivity contribution >= 4 is 21.6 Å². The van der Waals surface area contributed by atoms with Gasteiger partial charge in [0.05, 0.1) is 14.2 Å². The van der Waals surface area contributed by atoms with Crippen molar-refractivity contribution < 1.29 is 14.6 Å². The average Bonchev–Trinajstić information content (AvgIpc) is 2.80. The number of phenolic OH excluding ortho intramolecular Hbond substituents is 1. The zero-order chi connectivity index (χ0) is 21.1. The van der Waals surface area contributed by atoms with Crippen LogP contribution >= 0.6 is 15.9 Å². The summed E-state index contributed by atoms with van der Waals surface area (Å²) in [5.74, 6) is 1.85. The van der Waals surface area contributed by atoms with Crippen molar-refractivity contribution in [3.05, 3.63) is 87.9 Å². The third kappa shape index (κ3) is 4.35. The molecule has 1 aliphatic heterocycles. The van der Waals surface area contributed by atoms with Crippen LogP contribution in [-0.2, 0) is 0 Å². The van der Waals surface area contributed by atoms with Crippen LogP contribution in [0.1, 0.15) is 35.3 Å². The van der Waals surface area contributed by atoms with Gasteiger partial charge in [-0.05, 0) is 53.6 Å². The Labute approximate surface area is 184 Å². The van der Waals surface area contributed by atoms with Crippen molar-refractivity contribution in [2.45, 2.75) is 18.6 Å². The molecule has 0 saturated carbocycles. The molecule has 0 saturated heterocycles. The van der Waals surface area contributed by atoms with Crippen LogP contribution in [0, 0.1) is 0 Å². The largest absolute Gasteiger partial charge is 0.508 e. The molecule has 0 bridgehead atoms. The van der Waals surface area contributed by atoms with Crippen LogP contribution in [0.15, 0.2) is 76.2 Å². The predicted molar refractivity (Wildman–Crippen MR) is 122 cm³/mol. The van der Waals surface area contributed by atoms with E-state index >= 15 is 0 Å². The molecule has 0 aliphatic carbocycles. The third-order valence-corrected chi connectivity index (χ3v) is 5.73. The van der Waals surface area contributed by atoms with Gasteiger partial charge < -0.3 is 14.6 Å². The lowest BCUT2D eigenvalue weighted by atomic mass is 9.93. The molecule has 2 atom stereocenters. The Kier molecular flexibility index (Phi) is 6.06. The molecule has 0 fully saturated rings. The minimum atomic E-state index is -0.255. The fourth-order valence-electron chi connectivity index (χ4n) is 3.64. The molecule has 3 aromatic rings. The summed E-state index contributed by atoms with van der Waals surface area (Å²) < 4.78 is 11.6. The second kappa shape index (κ2) is 8.90. The SMILES string of the molecule is COc1ccc([C@@H]2N=C(c3cccc(OC)c3)C[C@H](c3cc(Br)ccc3O)N2)cc1. The number of ether oxygens (including phenoxy) is 2. The smallest absolute Gasteiger partial charge is 0.126 e. The molecule has 1 aliphatic rings. The van der Waals surface area contributed by atoms with Crippen molar-refractivity contribution in [2.24, 2.45) is 4.99 Å². The fourth-order valence-corrected chi connectivity index (χ4v) is 4.02. The van der Waals surface area contributed by atoms with Gasteiger partial charge in [0.25, 0.3) is 0 Å². The van der Waals surface area contributed by atoms with E-state index in [1.54, 1.807) is 20.3 Å². The van der Waals surface area contributed by atoms with Gasteiger partial charge in [-0.3, -0.25) is 10.3 Å². The van der Waals surface area contributed by atoms with Gasteiger partial charge in [0.1, 0.15) is 23.4 Å². The highest BCUT2D eigenvalue weighted by Gasteiger charge is 2.28. The van der Waals surface area contributed by atoms with Gasteiger partial charge in [-0.1, -0.05) is 40.2 Å². The zero-order valence-electron chi connectivity index (χ0n) is 16.8. The molecular formula is C24H23BrN2O3. The topological polar surface area (TPSA) is 63.1 Å². The second-order valence-corrected chi connectivity index (χ2v) is 8.03. The number of rotatable bonds is 5. The number of nitrogens with one attached hydrogen (secondary N) is 1. The summed E-state index contributed by atoms with van der Waals surface area (Å²) in [5.41, 5.74) is 3.82. The first-order valence-electron chi connectivity index (χ1n) is 9.67. The van der Waals surface area contributed by atoms with Crippen molar-refractivity contribution in [1.29, 1.82) is 0 Å². The van der Waals surface area contributed by atoms with E-state index in [0.29, 0.717) is 6.42 Å². The van der Waals surface area contributed by atoms with Gasteiger partial charge in [-0.2, -0.15) is 0 Å². The number of aliphatic imine (C=N–C) groups is 1. The van der Waals surface area contributed by atoms with E-state index in [2.05, 4.69) is 21.2 Å². The number of methoxy groups -OCH3 is 2. The summed E-state index contributed by atoms with van der Waals surface area (Å²) in [5, 5.41) is 14.1. The van der Waals surface area contributed by atoms with Gasteiger partial charge in [-0.25, -0.2) is 0 Å². The predicted octanol–water partition coefficient (Wildman–Crippen LogP) is 5.39. The standard InChI is InChI=1S/C24H23BrN2O3/c1-29-18-9-6-15(7-10-18)24-26-21(16-4-3-5-19(12-16)30-2)14-22(27-24)20-13-17(25)8-11-23(20)28/h3-13,22,24,27-28H,14H2,1-2H3/t22-,24-/m1/s1. The fraction of sp³-hybridized carbons (Fsp3) is 0.208. The Morgan fingerprint density at radius 3 is 2.47 bits per heavy atom. The second-order valence-electron chi connectivity index (χ2n) is 7.11. The highest BCUT2D eigenvalue weighted by atomic mass is 79.9. The Hall–Kier alpha value is -2.83. The molecule has 3 aromatic carbocycles. The van der Waals surface area contributed by atoms with Crippen LogP contribution in [0.3, 0.4) is 0 Å². The summed E-state index contributed by atoms with van der Waals surface area (Å²) in [4.78, 5) is 5.00. The number of hydrogen-bond donors (Lipinski definition) is 2. The highest BCUT2D eigenvalue weighted by Crippen LogP contribution is 2.36. The van der Waals surface area contributed by atoms with Crippen LogP contribution in [0.2, 0.25) is 0 Å². The Morgan fingerprint density at radius 2 is 1.73 bits per heavy atom. The molecule has 0 amide bonds. The van der Waals surface area contributed by atoms with Crippen LogP contribution in [0.5, 0.6) is 17.2 Å². The molecule has 1 heterocycles. The zero-order valence-corrected chi connectivity index (χ0v) is 18.4. The van der Waals surface area contributed by atoms with Crippen LogP contribution in [0.4, 0.5) is 0 Å². The maximum Gasteiger partial charge on any atom is 0.126 e. The average molecular weight is 467 g/mol. The van der Waals surface area contributed by atoms with Crippen LogP contribution in [0.25, 0.3) is 0 Å². The van der Waals surface area contributed by atoms with Crippen molar-refractivity contribution in [1.82, 2.24) is 5.32 Å². The molecule has 0 radical (unpaired) electrons. The Balaban J connectivity index is 1.76. The van der Waals surface area contributed by atoms with Gasteiger partial charge in [0, 0.05) is 28.2 Å². The number of nitrogens with zero attached hydrogens (tertiary/aromatic N) is 1. The van der Waals surface area contributed by atoms with Crippen molar-refractivity contribution in [3.63, 3.8) is 0 Å². The molecule has 154 valence electrons. The van der Waals surface area contributed by atoms with E-state index in [-0.39, 0.29) is 18.0 Å². The first-order valence-corrected chi connectivity index (χ1v) is 10.5. The van der Waals surface area contributed by atoms with Crippen LogP contribution < -0.4 is 14.8 Å². The van der Waals surface area contributed by atoms with E-state index in [0.717, 1.165) is 38.4 Å². The van der Waals surface area contributed by atoms with Gasteiger partial charge >= 0.3 is 0 Å². The summed E-state index contributed by atoms with van der Waals surface area (Å²) in [7, 11) is 3.31. The molecule has 0 aromatic heterocycles. The first kappa shape index (κ1) is 20.4. The van der Waals surface area contributed by atoms with Gasteiger partial charge in [-0.15, -0.1) is 0 Å². The number of halogens is 1. The van der Waals surface area contributed by atoms with Crippen molar-refractivity contribution in [2.75, 3.05) is 14.2 Å². The molecule has 0 spiro atoms. The molecule has 30 heavy (non-hydrogen) atoms. The molecule has 2 N–H and O–H groups in total. The van der Waals surface area contributed by atoms with E-state index in [9.17, 15) is 5.11 Å². The maximum absolute atomic E-state index is 10.5. The lowest BCUT2D eigenvalue weighted by Crippen LogP contribution is -2.33. The lowest BCUT2D eigenvalue weighted by molar-refractivity contribution is 0.407. The normalized spacial score (nSPS) is 18.6. The minimum absolute atomic E-state index is 0.103. The minimum Gasteiger partial charge on any atom is -0.508 e. The monoisotopic (exact) mass is 466 g/mol. The van der Waals surface area contributed by atoms with E-state index in [1.807, 2.05) is 60.7 Å². The third-order valence-electron chi connectivity index (χ3n) is 5.24. The van der Waals surface area contributed by atoms with Crippen molar-refractivity contribution in [3.8, 4) is 17.2 Å². The van der Waals surface area contributed by atoms with Crippen LogP contribution in [-0.4, -0.2) is 25.0 Å². The lowest BCUT2D eigenvalue weighted by Gasteiger charge is -2.31. The van der Waals surface area contributed by atoms with E-state index in [4.69, 9.17) is 14.5 Å². The molecule has 4 rings (SSSR count). The Morgan fingerprint density at radius 1 is 0.967 bits per heavy atom. The maximum atomic E-state index is 10.5. The van der Waals surface area contributed by atoms with Gasteiger partial charge in [0.2, 0.25) is 0 Å². The van der Waals surface area contributed by atoms with Gasteiger partial charge in [0.15, 0.2) is 0 Å². The summed E-state index contributed by atoms with van der Waals surface area (Å²) in [6, 6.07) is 21.2. The highest BCUT2D eigenvalue weighted by molar-refractivity contribution is 9.10. The summed E-state index contributed by atoms with van der Waals surface area (Å²) in [6.45, 7) is 0. The van der Waals surface area contributed by atoms with E-state index < -0.39 is 0 Å². The first-order chi connectivity index (χ1) is 14.6. The number of phenols is 1. The molecule has 0 unspecified atom stereocenters. The quantitative estimate of drug-likeness (QED) is 0.528. The number of aromatic hydroxyl groups is 1. The number of hydrogen-bond acceptors (Lipinski definition) is 5. The summed E-state index contributed by atoms with van der Waals surface area (Å²) >= 11 is 3.52.